The number of hydrogen-bond acceptors (Lipinski definition) is 1. The van der Waals surface area contributed by atoms with Crippen molar-refractivity contribution in [3.63, 3.8) is 0 Å². The van der Waals surface area contributed by atoms with Gasteiger partial charge < -0.3 is 4.43 Å². The molecule has 0 aromatic heterocycles. The molecule has 140 valence electrons. The molecule has 1 atom stereocenters. The van der Waals surface area contributed by atoms with E-state index in [1.807, 2.05) is 6.08 Å². The Kier molecular flexibility index (Phi) is 7.42. The Labute approximate surface area is 161 Å². The molecule has 0 saturated carbocycles. The van der Waals surface area contributed by atoms with Crippen molar-refractivity contribution in [3.05, 3.63) is 73.3 Å². The SMILES string of the molecule is C=CCC[C@@H](C)CCO[Si](c1ccccc1)(c1ccccc1)C(C)(C)C. The maximum Gasteiger partial charge on any atom is 0.261 e. The minimum absolute atomic E-state index is 0.0556. The average molecular weight is 367 g/mol. The molecule has 1 nitrogen and oxygen atoms in total. The molecule has 0 bridgehead atoms. The van der Waals surface area contributed by atoms with Crippen LogP contribution in [0.15, 0.2) is 73.3 Å². The molecule has 0 aliphatic heterocycles. The molecule has 0 fully saturated rings. The standard InChI is InChI=1S/C24H34OSi/c1-6-7-14-21(2)19-20-25-26(24(3,4)5,22-15-10-8-11-16-22)23-17-12-9-13-18-23/h6,8-13,15-18,21H,1,7,14,19-20H2,2-5H3/t21-/m1/s1. The van der Waals surface area contributed by atoms with E-state index < -0.39 is 8.32 Å². The third kappa shape index (κ3) is 4.75. The molecule has 26 heavy (non-hydrogen) atoms. The predicted molar refractivity (Wildman–Crippen MR) is 117 cm³/mol. The maximum atomic E-state index is 6.93. The quantitative estimate of drug-likeness (QED) is 0.417. The molecule has 0 heterocycles. The first kappa shape index (κ1) is 20.7. The summed E-state index contributed by atoms with van der Waals surface area (Å²) in [4.78, 5) is 0. The van der Waals surface area contributed by atoms with Crippen LogP contribution in [0.25, 0.3) is 0 Å². The van der Waals surface area contributed by atoms with Crippen LogP contribution in [0.2, 0.25) is 5.04 Å². The van der Waals surface area contributed by atoms with E-state index in [0.29, 0.717) is 5.92 Å². The molecule has 0 aliphatic carbocycles. The van der Waals surface area contributed by atoms with Crippen LogP contribution < -0.4 is 10.4 Å². The Bertz CT molecular complexity index is 618. The van der Waals surface area contributed by atoms with Gasteiger partial charge in [-0.25, -0.2) is 0 Å². The topological polar surface area (TPSA) is 9.23 Å². The van der Waals surface area contributed by atoms with Gasteiger partial charge in [-0.05, 0) is 40.6 Å². The first-order valence-corrected chi connectivity index (χ1v) is 11.7. The summed E-state index contributed by atoms with van der Waals surface area (Å²) in [6.07, 6.45) is 5.38. The highest BCUT2D eigenvalue weighted by Gasteiger charge is 2.49. The van der Waals surface area contributed by atoms with Crippen molar-refractivity contribution >= 4 is 18.7 Å². The summed E-state index contributed by atoms with van der Waals surface area (Å²) in [5, 5.41) is 2.77. The van der Waals surface area contributed by atoms with Crippen LogP contribution >= 0.6 is 0 Å². The van der Waals surface area contributed by atoms with E-state index in [1.54, 1.807) is 0 Å². The van der Waals surface area contributed by atoms with Gasteiger partial charge in [0.25, 0.3) is 8.32 Å². The first-order valence-electron chi connectivity index (χ1n) is 9.77. The van der Waals surface area contributed by atoms with E-state index in [4.69, 9.17) is 4.43 Å². The lowest BCUT2D eigenvalue weighted by atomic mass is 10.0. The van der Waals surface area contributed by atoms with E-state index in [2.05, 4.69) is 94.9 Å². The minimum Gasteiger partial charge on any atom is -0.407 e. The second-order valence-corrected chi connectivity index (χ2v) is 12.6. The van der Waals surface area contributed by atoms with Crippen LogP contribution in [0.3, 0.4) is 0 Å². The molecular weight excluding hydrogens is 332 g/mol. The molecule has 0 amide bonds. The van der Waals surface area contributed by atoms with E-state index in [0.717, 1.165) is 19.4 Å². The normalized spacial score (nSPS) is 13.4. The Morgan fingerprint density at radius 3 is 1.85 bits per heavy atom. The summed E-state index contributed by atoms with van der Waals surface area (Å²) in [5.41, 5.74) is 0. The van der Waals surface area contributed by atoms with Gasteiger partial charge in [0.2, 0.25) is 0 Å². The third-order valence-corrected chi connectivity index (χ3v) is 10.3. The van der Waals surface area contributed by atoms with Crippen LogP contribution in [0.4, 0.5) is 0 Å². The predicted octanol–water partition coefficient (Wildman–Crippen LogP) is 5.56. The van der Waals surface area contributed by atoms with E-state index >= 15 is 0 Å². The van der Waals surface area contributed by atoms with Crippen molar-refractivity contribution in [1.29, 1.82) is 0 Å². The van der Waals surface area contributed by atoms with Crippen molar-refractivity contribution < 1.29 is 4.43 Å². The van der Waals surface area contributed by atoms with Crippen molar-refractivity contribution in [2.75, 3.05) is 6.61 Å². The summed E-state index contributed by atoms with van der Waals surface area (Å²) in [6, 6.07) is 21.8. The zero-order chi connectivity index (χ0) is 19.0. The van der Waals surface area contributed by atoms with Gasteiger partial charge in [0.15, 0.2) is 0 Å². The second kappa shape index (κ2) is 9.34. The van der Waals surface area contributed by atoms with Crippen LogP contribution in [-0.2, 0) is 4.43 Å². The number of hydrogen-bond donors (Lipinski definition) is 0. The summed E-state index contributed by atoms with van der Waals surface area (Å²) in [6.45, 7) is 14.0. The molecule has 2 aromatic rings. The summed E-state index contributed by atoms with van der Waals surface area (Å²) < 4.78 is 6.93. The Morgan fingerprint density at radius 2 is 1.42 bits per heavy atom. The fraction of sp³-hybridized carbons (Fsp3) is 0.417. The van der Waals surface area contributed by atoms with Gasteiger partial charge in [-0.1, -0.05) is 94.4 Å². The van der Waals surface area contributed by atoms with Gasteiger partial charge in [-0.15, -0.1) is 6.58 Å². The second-order valence-electron chi connectivity index (χ2n) is 8.27. The Morgan fingerprint density at radius 1 is 0.923 bits per heavy atom. The van der Waals surface area contributed by atoms with Crippen molar-refractivity contribution in [3.8, 4) is 0 Å². The smallest absolute Gasteiger partial charge is 0.261 e. The van der Waals surface area contributed by atoms with E-state index in [-0.39, 0.29) is 5.04 Å². The zero-order valence-corrected chi connectivity index (χ0v) is 17.9. The van der Waals surface area contributed by atoms with Crippen LogP contribution in [0, 0.1) is 5.92 Å². The number of rotatable bonds is 9. The highest BCUT2D eigenvalue weighted by Crippen LogP contribution is 2.37. The lowest BCUT2D eigenvalue weighted by Crippen LogP contribution is -2.66. The molecule has 2 aromatic carbocycles. The fourth-order valence-electron chi connectivity index (χ4n) is 3.72. The summed E-state index contributed by atoms with van der Waals surface area (Å²) >= 11 is 0. The zero-order valence-electron chi connectivity index (χ0n) is 16.9. The van der Waals surface area contributed by atoms with Gasteiger partial charge in [0.1, 0.15) is 0 Å². The maximum absolute atomic E-state index is 6.93. The molecule has 0 unspecified atom stereocenters. The van der Waals surface area contributed by atoms with Crippen LogP contribution in [-0.4, -0.2) is 14.9 Å². The van der Waals surface area contributed by atoms with Crippen LogP contribution in [0.5, 0.6) is 0 Å². The van der Waals surface area contributed by atoms with Gasteiger partial charge in [0.05, 0.1) is 0 Å². The Balaban J connectivity index is 2.36. The molecular formula is C24H34OSi. The van der Waals surface area contributed by atoms with E-state index in [9.17, 15) is 0 Å². The molecule has 2 rings (SSSR count). The molecule has 0 saturated heterocycles. The largest absolute Gasteiger partial charge is 0.407 e. The van der Waals surface area contributed by atoms with Crippen molar-refractivity contribution in [1.82, 2.24) is 0 Å². The van der Waals surface area contributed by atoms with Gasteiger partial charge in [-0.2, -0.15) is 0 Å². The molecule has 0 N–H and O–H groups in total. The minimum atomic E-state index is -2.37. The molecule has 0 spiro atoms. The van der Waals surface area contributed by atoms with Crippen molar-refractivity contribution in [2.45, 2.75) is 52.0 Å². The third-order valence-electron chi connectivity index (χ3n) is 5.21. The molecule has 0 radical (unpaired) electrons. The summed E-state index contributed by atoms with van der Waals surface area (Å²) in [5.74, 6) is 0.659. The van der Waals surface area contributed by atoms with Gasteiger partial charge >= 0.3 is 0 Å². The van der Waals surface area contributed by atoms with E-state index in [1.165, 1.54) is 16.8 Å². The highest BCUT2D eigenvalue weighted by atomic mass is 28.4. The lowest BCUT2D eigenvalue weighted by molar-refractivity contribution is 0.264. The number of allylic oxidation sites excluding steroid dienone is 1. The van der Waals surface area contributed by atoms with Gasteiger partial charge in [0, 0.05) is 6.61 Å². The van der Waals surface area contributed by atoms with Crippen LogP contribution in [0.1, 0.15) is 47.0 Å². The lowest BCUT2D eigenvalue weighted by Gasteiger charge is -2.43. The fourth-order valence-corrected chi connectivity index (χ4v) is 8.30. The highest BCUT2D eigenvalue weighted by molar-refractivity contribution is 6.99. The Hall–Kier alpha value is -1.64. The first-order chi connectivity index (χ1) is 12.4. The molecule has 0 aliphatic rings. The average Bonchev–Trinajstić information content (AvgIpc) is 2.64. The number of benzene rings is 2. The molecule has 2 heteroatoms. The van der Waals surface area contributed by atoms with Crippen molar-refractivity contribution in [2.24, 2.45) is 5.92 Å². The summed E-state index contributed by atoms with van der Waals surface area (Å²) in [7, 11) is -2.37. The van der Waals surface area contributed by atoms with Gasteiger partial charge in [-0.3, -0.25) is 0 Å². The monoisotopic (exact) mass is 366 g/mol.